The first-order chi connectivity index (χ1) is 30.1. The van der Waals surface area contributed by atoms with Gasteiger partial charge in [0.25, 0.3) is 0 Å². The molecule has 11 aromatic rings. The molecule has 0 atom stereocenters. The van der Waals surface area contributed by atoms with Crippen LogP contribution in [0.3, 0.4) is 0 Å². The predicted molar refractivity (Wildman–Crippen MR) is 261 cm³/mol. The molecule has 0 aliphatic heterocycles. The molecule has 0 saturated heterocycles. The Bertz CT molecular complexity index is 3460. The maximum absolute atomic E-state index is 6.27. The lowest BCUT2D eigenvalue weighted by Gasteiger charge is -2.27. The van der Waals surface area contributed by atoms with E-state index in [0.717, 1.165) is 56.5 Å². The molecule has 0 fully saturated rings. The highest BCUT2D eigenvalue weighted by Gasteiger charge is 2.18. The maximum Gasteiger partial charge on any atom is 0.136 e. The molecule has 0 unspecified atom stereocenters. The summed E-state index contributed by atoms with van der Waals surface area (Å²) in [6, 6.07) is 72.8. The average Bonchev–Trinajstić information content (AvgIpc) is 3.71. The van der Waals surface area contributed by atoms with E-state index >= 15 is 0 Å². The fourth-order valence-electron chi connectivity index (χ4n) is 9.38. The van der Waals surface area contributed by atoms with Crippen LogP contribution in [0.15, 0.2) is 211 Å². The SMILES string of the molecule is CC/C=C\c1c(C)cc(-c2cccc(N(c3ccc(-c4cc5ccccc5c5ccccc45)cc3)c3ccc(-c4cccc5oc6ccccc6c45)cc3)c2)c2ccccc12. The van der Waals surface area contributed by atoms with Crippen molar-refractivity contribution >= 4 is 77.4 Å². The fourth-order valence-corrected chi connectivity index (χ4v) is 9.38. The summed E-state index contributed by atoms with van der Waals surface area (Å²) in [5.41, 5.74) is 14.8. The molecule has 1 heterocycles. The third-order valence-electron chi connectivity index (χ3n) is 12.3. The molecule has 1 aromatic heterocycles. The summed E-state index contributed by atoms with van der Waals surface area (Å²) in [6.07, 6.45) is 5.54. The van der Waals surface area contributed by atoms with Gasteiger partial charge in [-0.3, -0.25) is 0 Å². The molecular weight excluding hydrogens is 739 g/mol. The first-order valence-electron chi connectivity index (χ1n) is 21.2. The number of nitrogens with zero attached hydrogens (tertiary/aromatic N) is 1. The second-order valence-corrected chi connectivity index (χ2v) is 16.0. The maximum atomic E-state index is 6.27. The number of rotatable bonds is 8. The molecule has 0 saturated carbocycles. The first-order valence-corrected chi connectivity index (χ1v) is 21.2. The second kappa shape index (κ2) is 15.2. The average molecular weight is 782 g/mol. The minimum absolute atomic E-state index is 0.901. The normalized spacial score (nSPS) is 11.8. The quantitative estimate of drug-likeness (QED) is 0.143. The lowest BCUT2D eigenvalue weighted by molar-refractivity contribution is 0.669. The van der Waals surface area contributed by atoms with Crippen LogP contribution in [0.4, 0.5) is 17.1 Å². The van der Waals surface area contributed by atoms with E-state index in [1.54, 1.807) is 0 Å². The van der Waals surface area contributed by atoms with Crippen molar-refractivity contribution < 1.29 is 4.42 Å². The van der Waals surface area contributed by atoms with Gasteiger partial charge in [0.05, 0.1) is 0 Å². The smallest absolute Gasteiger partial charge is 0.136 e. The molecule has 10 aromatic carbocycles. The number of anilines is 3. The monoisotopic (exact) mass is 781 g/mol. The number of hydrogen-bond acceptors (Lipinski definition) is 2. The number of allylic oxidation sites excluding steroid dienone is 1. The topological polar surface area (TPSA) is 16.4 Å². The third kappa shape index (κ3) is 6.36. The van der Waals surface area contributed by atoms with Crippen LogP contribution in [0.5, 0.6) is 0 Å². The van der Waals surface area contributed by atoms with Gasteiger partial charge in [-0.25, -0.2) is 0 Å². The highest BCUT2D eigenvalue weighted by Crippen LogP contribution is 2.43. The minimum Gasteiger partial charge on any atom is -0.456 e. The molecule has 2 heteroatoms. The first kappa shape index (κ1) is 36.4. The van der Waals surface area contributed by atoms with Gasteiger partial charge in [-0.1, -0.05) is 165 Å². The minimum atomic E-state index is 0.901. The Balaban J connectivity index is 1.05. The van der Waals surface area contributed by atoms with Crippen molar-refractivity contribution in [3.63, 3.8) is 0 Å². The van der Waals surface area contributed by atoms with E-state index in [9.17, 15) is 0 Å². The van der Waals surface area contributed by atoms with Crippen LogP contribution in [0.2, 0.25) is 0 Å². The van der Waals surface area contributed by atoms with Gasteiger partial charge >= 0.3 is 0 Å². The van der Waals surface area contributed by atoms with Gasteiger partial charge in [-0.15, -0.1) is 0 Å². The highest BCUT2D eigenvalue weighted by molar-refractivity contribution is 6.14. The van der Waals surface area contributed by atoms with Crippen molar-refractivity contribution in [2.45, 2.75) is 20.3 Å². The van der Waals surface area contributed by atoms with Gasteiger partial charge < -0.3 is 9.32 Å². The zero-order valence-corrected chi connectivity index (χ0v) is 34.3. The number of hydrogen-bond donors (Lipinski definition) is 0. The number of aryl methyl sites for hydroxylation is 1. The molecule has 0 spiro atoms. The van der Waals surface area contributed by atoms with Gasteiger partial charge in [0.15, 0.2) is 0 Å². The van der Waals surface area contributed by atoms with Crippen LogP contribution in [-0.4, -0.2) is 0 Å². The molecule has 290 valence electrons. The summed E-state index contributed by atoms with van der Waals surface area (Å²) < 4.78 is 6.27. The molecular formula is C59H43NO. The Kier molecular flexibility index (Phi) is 9.05. The Morgan fingerprint density at radius 3 is 1.74 bits per heavy atom. The molecule has 2 nitrogen and oxygen atoms in total. The van der Waals surface area contributed by atoms with Crippen LogP contribution in [-0.2, 0) is 0 Å². The van der Waals surface area contributed by atoms with Crippen LogP contribution < -0.4 is 4.90 Å². The van der Waals surface area contributed by atoms with Gasteiger partial charge in [-0.2, -0.15) is 0 Å². The van der Waals surface area contributed by atoms with E-state index < -0.39 is 0 Å². The summed E-state index contributed by atoms with van der Waals surface area (Å²) in [5.74, 6) is 0. The Labute approximate surface area is 356 Å². The Morgan fingerprint density at radius 1 is 0.426 bits per heavy atom. The zero-order chi connectivity index (χ0) is 40.9. The summed E-state index contributed by atoms with van der Waals surface area (Å²) >= 11 is 0. The van der Waals surface area contributed by atoms with Gasteiger partial charge in [-0.05, 0) is 145 Å². The lowest BCUT2D eigenvalue weighted by atomic mass is 9.91. The van der Waals surface area contributed by atoms with Crippen molar-refractivity contribution in [2.24, 2.45) is 0 Å². The van der Waals surface area contributed by atoms with Crippen molar-refractivity contribution in [1.82, 2.24) is 0 Å². The summed E-state index contributed by atoms with van der Waals surface area (Å²) in [6.45, 7) is 4.42. The van der Waals surface area contributed by atoms with Crippen LogP contribution in [0.1, 0.15) is 24.5 Å². The lowest BCUT2D eigenvalue weighted by Crippen LogP contribution is -2.10. The number of benzene rings is 10. The van der Waals surface area contributed by atoms with Crippen LogP contribution in [0, 0.1) is 6.92 Å². The second-order valence-electron chi connectivity index (χ2n) is 16.0. The molecule has 0 N–H and O–H groups in total. The summed E-state index contributed by atoms with van der Waals surface area (Å²) in [4.78, 5) is 2.39. The van der Waals surface area contributed by atoms with E-state index in [1.165, 1.54) is 65.7 Å². The van der Waals surface area contributed by atoms with Crippen LogP contribution >= 0.6 is 0 Å². The number of fused-ring (bicyclic) bond motifs is 7. The largest absolute Gasteiger partial charge is 0.456 e. The van der Waals surface area contributed by atoms with E-state index in [-0.39, 0.29) is 0 Å². The molecule has 11 rings (SSSR count). The van der Waals surface area contributed by atoms with Crippen molar-refractivity contribution in [3.8, 4) is 33.4 Å². The highest BCUT2D eigenvalue weighted by atomic mass is 16.3. The van der Waals surface area contributed by atoms with Crippen molar-refractivity contribution in [1.29, 1.82) is 0 Å². The molecule has 0 aliphatic rings. The molecule has 0 aliphatic carbocycles. The molecule has 0 amide bonds. The molecule has 61 heavy (non-hydrogen) atoms. The van der Waals surface area contributed by atoms with E-state index in [1.807, 2.05) is 12.1 Å². The zero-order valence-electron chi connectivity index (χ0n) is 34.3. The number of furan rings is 1. The van der Waals surface area contributed by atoms with E-state index in [0.29, 0.717) is 0 Å². The standard InChI is InChI=1S/C59H43NO/c1-3-4-18-47-39(2)36-55(52-22-9-7-20-50(47)52)42-16-13-17-46(37-42)60(44-32-28-40(29-33-44)49-25-14-27-58-59(49)54-24-11-12-26-57(54)61-58)45-34-30-41(31-35-45)56-38-43-15-5-6-19-48(43)51-21-8-10-23-53(51)56/h4-38H,3H2,1-2H3/b18-4-. The van der Waals surface area contributed by atoms with Gasteiger partial charge in [0.2, 0.25) is 0 Å². The summed E-state index contributed by atoms with van der Waals surface area (Å²) in [5, 5.41) is 9.86. The Morgan fingerprint density at radius 2 is 1.00 bits per heavy atom. The van der Waals surface area contributed by atoms with Crippen molar-refractivity contribution in [3.05, 3.63) is 217 Å². The van der Waals surface area contributed by atoms with Gasteiger partial charge in [0.1, 0.15) is 11.2 Å². The van der Waals surface area contributed by atoms with Crippen molar-refractivity contribution in [2.75, 3.05) is 4.90 Å². The summed E-state index contributed by atoms with van der Waals surface area (Å²) in [7, 11) is 0. The Hall–Kier alpha value is -7.68. The number of para-hydroxylation sites is 1. The fraction of sp³-hybridized carbons (Fsp3) is 0.0508. The van der Waals surface area contributed by atoms with E-state index in [4.69, 9.17) is 4.42 Å². The molecule has 0 bridgehead atoms. The van der Waals surface area contributed by atoms with Crippen LogP contribution in [0.25, 0.3) is 93.7 Å². The molecule has 0 radical (unpaired) electrons. The third-order valence-corrected chi connectivity index (χ3v) is 12.3. The van der Waals surface area contributed by atoms with Gasteiger partial charge in [0, 0.05) is 27.8 Å². The predicted octanol–water partition coefficient (Wildman–Crippen LogP) is 17.2. The van der Waals surface area contributed by atoms with E-state index in [2.05, 4.69) is 219 Å².